The summed E-state index contributed by atoms with van der Waals surface area (Å²) in [5.74, 6) is 0.806. The smallest absolute Gasteiger partial charge is 0.323 e. The lowest BCUT2D eigenvalue weighted by atomic mass is 10.1. The highest BCUT2D eigenvalue weighted by atomic mass is 32.1. The first-order chi connectivity index (χ1) is 12.7. The minimum absolute atomic E-state index is 0.217. The number of hydrazone groups is 1. The minimum Gasteiger partial charge on any atom is -0.497 e. The van der Waals surface area contributed by atoms with Gasteiger partial charge in [0.1, 0.15) is 5.75 Å². The topological polar surface area (TPSA) is 95.2 Å². The van der Waals surface area contributed by atoms with Gasteiger partial charge in [0.05, 0.1) is 30.1 Å². The molecule has 0 saturated heterocycles. The zero-order valence-electron chi connectivity index (χ0n) is 13.8. The molecule has 7 nitrogen and oxygen atoms in total. The number of H-pyrrole nitrogens is 2. The molecule has 0 aliphatic heterocycles. The number of ether oxygens (including phenoxy) is 1. The number of anilines is 1. The fraction of sp³-hybridized carbons (Fsp3) is 0.0556. The Bertz CT molecular complexity index is 1120. The van der Waals surface area contributed by atoms with Gasteiger partial charge in [0.15, 0.2) is 0 Å². The molecular weight excluding hydrogens is 350 g/mol. The van der Waals surface area contributed by atoms with Crippen molar-refractivity contribution >= 4 is 33.7 Å². The molecule has 0 unspecified atom stereocenters. The molecule has 0 radical (unpaired) electrons. The van der Waals surface area contributed by atoms with Crippen molar-refractivity contribution in [2.24, 2.45) is 5.10 Å². The lowest BCUT2D eigenvalue weighted by Crippen LogP contribution is -1.99. The van der Waals surface area contributed by atoms with Gasteiger partial charge < -0.3 is 14.7 Å². The summed E-state index contributed by atoms with van der Waals surface area (Å²) < 4.78 is 5.13. The molecule has 0 atom stereocenters. The van der Waals surface area contributed by atoms with Crippen LogP contribution in [0.1, 0.15) is 5.56 Å². The van der Waals surface area contributed by atoms with E-state index in [4.69, 9.17) is 4.74 Å². The summed E-state index contributed by atoms with van der Waals surface area (Å²) in [4.78, 5) is 21.4. The van der Waals surface area contributed by atoms with Gasteiger partial charge in [-0.1, -0.05) is 6.07 Å². The van der Waals surface area contributed by atoms with E-state index in [2.05, 4.69) is 25.5 Å². The third kappa shape index (κ3) is 3.35. The van der Waals surface area contributed by atoms with Crippen molar-refractivity contribution in [2.45, 2.75) is 0 Å². The average molecular weight is 365 g/mol. The number of fused-ring (bicyclic) bond motifs is 1. The number of aromatic amines is 2. The van der Waals surface area contributed by atoms with Crippen molar-refractivity contribution in [3.63, 3.8) is 0 Å². The lowest BCUT2D eigenvalue weighted by molar-refractivity contribution is 0.415. The minimum atomic E-state index is -0.217. The van der Waals surface area contributed by atoms with E-state index >= 15 is 0 Å². The molecule has 0 bridgehead atoms. The van der Waals surface area contributed by atoms with Crippen LogP contribution in [0.3, 0.4) is 0 Å². The third-order valence-electron chi connectivity index (χ3n) is 3.81. The van der Waals surface area contributed by atoms with Crippen LogP contribution in [0, 0.1) is 0 Å². The van der Waals surface area contributed by atoms with Crippen LogP contribution in [-0.4, -0.2) is 28.3 Å². The van der Waals surface area contributed by atoms with E-state index in [1.54, 1.807) is 13.3 Å². The Morgan fingerprint density at radius 1 is 1.15 bits per heavy atom. The normalized spacial score (nSPS) is 11.3. The van der Waals surface area contributed by atoms with E-state index in [1.165, 1.54) is 11.3 Å². The van der Waals surface area contributed by atoms with Crippen LogP contribution in [0.4, 0.5) is 5.13 Å². The third-order valence-corrected chi connectivity index (χ3v) is 4.55. The molecule has 4 aromatic rings. The molecule has 4 rings (SSSR count). The standard InChI is InChI=1S/C18H15N5O2S/c1-25-13-5-2-11(3-6-13)9-19-23-18-22-16(10-26-18)12-4-7-14-15(8-12)21-17(24)20-14/h2-10H,1H3,(H,22,23)(H2,20,21,24). The Balaban J connectivity index is 1.48. The second-order valence-electron chi connectivity index (χ2n) is 5.52. The second-order valence-corrected chi connectivity index (χ2v) is 6.38. The zero-order valence-corrected chi connectivity index (χ0v) is 14.6. The summed E-state index contributed by atoms with van der Waals surface area (Å²) in [6.07, 6.45) is 1.72. The van der Waals surface area contributed by atoms with Crippen molar-refractivity contribution in [2.75, 3.05) is 12.5 Å². The molecule has 0 aliphatic rings. The van der Waals surface area contributed by atoms with Gasteiger partial charge in [0, 0.05) is 10.9 Å². The SMILES string of the molecule is COc1ccc(C=NNc2nc(-c3ccc4[nH]c(=O)[nH]c4c3)cs2)cc1. The first-order valence-corrected chi connectivity index (χ1v) is 8.70. The molecule has 0 amide bonds. The van der Waals surface area contributed by atoms with Crippen LogP contribution < -0.4 is 15.9 Å². The van der Waals surface area contributed by atoms with E-state index in [0.717, 1.165) is 33.6 Å². The van der Waals surface area contributed by atoms with Crippen LogP contribution in [0.2, 0.25) is 0 Å². The van der Waals surface area contributed by atoms with Crippen molar-refractivity contribution in [1.29, 1.82) is 0 Å². The van der Waals surface area contributed by atoms with E-state index < -0.39 is 0 Å². The molecule has 2 aromatic heterocycles. The summed E-state index contributed by atoms with van der Waals surface area (Å²) in [5.41, 5.74) is 6.95. The number of imidazole rings is 1. The van der Waals surface area contributed by atoms with Gasteiger partial charge in [0.25, 0.3) is 0 Å². The molecule has 0 spiro atoms. The van der Waals surface area contributed by atoms with Crippen molar-refractivity contribution in [3.05, 3.63) is 63.9 Å². The molecule has 8 heteroatoms. The molecule has 2 heterocycles. The fourth-order valence-electron chi connectivity index (χ4n) is 2.50. The van der Waals surface area contributed by atoms with Crippen molar-refractivity contribution < 1.29 is 4.74 Å². The zero-order chi connectivity index (χ0) is 17.9. The van der Waals surface area contributed by atoms with Gasteiger partial charge in [-0.25, -0.2) is 9.78 Å². The van der Waals surface area contributed by atoms with Gasteiger partial charge in [-0.05, 0) is 42.0 Å². The van der Waals surface area contributed by atoms with Gasteiger partial charge in [-0.3, -0.25) is 5.43 Å². The Morgan fingerprint density at radius 3 is 2.77 bits per heavy atom. The first kappa shape index (κ1) is 16.1. The number of thiazole rings is 1. The Morgan fingerprint density at radius 2 is 1.96 bits per heavy atom. The quantitative estimate of drug-likeness (QED) is 0.373. The van der Waals surface area contributed by atoms with Gasteiger partial charge in [0.2, 0.25) is 5.13 Å². The van der Waals surface area contributed by atoms with E-state index in [0.29, 0.717) is 5.13 Å². The maximum absolute atomic E-state index is 11.4. The number of benzene rings is 2. The molecule has 2 aromatic carbocycles. The number of methoxy groups -OCH3 is 1. The van der Waals surface area contributed by atoms with E-state index in [1.807, 2.05) is 47.8 Å². The van der Waals surface area contributed by atoms with Crippen LogP contribution in [0.25, 0.3) is 22.3 Å². The molecule has 130 valence electrons. The maximum Gasteiger partial charge on any atom is 0.323 e. The number of nitrogens with one attached hydrogen (secondary N) is 3. The van der Waals surface area contributed by atoms with Crippen LogP contribution >= 0.6 is 11.3 Å². The Hall–Kier alpha value is -3.39. The lowest BCUT2D eigenvalue weighted by Gasteiger charge is -1.99. The molecule has 26 heavy (non-hydrogen) atoms. The average Bonchev–Trinajstić information content (AvgIpc) is 3.27. The second kappa shape index (κ2) is 6.85. The predicted octanol–water partition coefficient (Wildman–Crippen LogP) is 3.43. The van der Waals surface area contributed by atoms with Crippen LogP contribution in [0.15, 0.2) is 57.7 Å². The highest BCUT2D eigenvalue weighted by Gasteiger charge is 2.06. The van der Waals surface area contributed by atoms with Crippen LogP contribution in [-0.2, 0) is 0 Å². The number of hydrogen-bond acceptors (Lipinski definition) is 6. The summed E-state index contributed by atoms with van der Waals surface area (Å²) in [6.45, 7) is 0. The van der Waals surface area contributed by atoms with Crippen molar-refractivity contribution in [1.82, 2.24) is 15.0 Å². The summed E-state index contributed by atoms with van der Waals surface area (Å²) in [7, 11) is 1.64. The Kier molecular flexibility index (Phi) is 4.24. The van der Waals surface area contributed by atoms with Gasteiger partial charge >= 0.3 is 5.69 Å². The molecular formula is C18H15N5O2S. The number of nitrogens with zero attached hydrogens (tertiary/aromatic N) is 2. The van der Waals surface area contributed by atoms with Gasteiger partial charge in [-0.15, -0.1) is 11.3 Å². The maximum atomic E-state index is 11.4. The largest absolute Gasteiger partial charge is 0.497 e. The van der Waals surface area contributed by atoms with Gasteiger partial charge in [-0.2, -0.15) is 5.10 Å². The molecule has 0 saturated carbocycles. The van der Waals surface area contributed by atoms with Crippen molar-refractivity contribution in [3.8, 4) is 17.0 Å². The molecule has 0 fully saturated rings. The highest BCUT2D eigenvalue weighted by Crippen LogP contribution is 2.26. The molecule has 0 aliphatic carbocycles. The number of rotatable bonds is 5. The Labute approximate surface area is 152 Å². The predicted molar refractivity (Wildman–Crippen MR) is 104 cm³/mol. The van der Waals surface area contributed by atoms with E-state index in [-0.39, 0.29) is 5.69 Å². The summed E-state index contributed by atoms with van der Waals surface area (Å²) >= 11 is 1.46. The first-order valence-electron chi connectivity index (χ1n) is 7.82. The monoisotopic (exact) mass is 365 g/mol. The fourth-order valence-corrected chi connectivity index (χ4v) is 3.17. The molecule has 3 N–H and O–H groups in total. The van der Waals surface area contributed by atoms with E-state index in [9.17, 15) is 4.79 Å². The highest BCUT2D eigenvalue weighted by molar-refractivity contribution is 7.14. The summed E-state index contributed by atoms with van der Waals surface area (Å²) in [5, 5.41) is 6.84. The number of hydrogen-bond donors (Lipinski definition) is 3. The number of aromatic nitrogens is 3. The summed E-state index contributed by atoms with van der Waals surface area (Å²) in [6, 6.07) is 13.3. The van der Waals surface area contributed by atoms with Crippen LogP contribution in [0.5, 0.6) is 5.75 Å².